The number of fused-ring (bicyclic) bond motifs is 2. The van der Waals surface area contributed by atoms with Crippen molar-refractivity contribution in [3.63, 3.8) is 0 Å². The molecule has 3 nitrogen and oxygen atoms in total. The van der Waals surface area contributed by atoms with Crippen molar-refractivity contribution in [2.75, 3.05) is 13.1 Å². The number of hydrogen-bond acceptors (Lipinski definition) is 2. The van der Waals surface area contributed by atoms with Crippen LogP contribution in [0, 0.1) is 17.5 Å². The van der Waals surface area contributed by atoms with Gasteiger partial charge >= 0.3 is 0 Å². The van der Waals surface area contributed by atoms with E-state index in [4.69, 9.17) is 0 Å². The second-order valence-corrected chi connectivity index (χ2v) is 5.31. The van der Waals surface area contributed by atoms with E-state index in [2.05, 4.69) is 5.32 Å². The molecule has 2 heterocycles. The normalized spacial score (nSPS) is 25.6. The summed E-state index contributed by atoms with van der Waals surface area (Å²) in [6, 6.07) is 1.87. The molecule has 0 aliphatic carbocycles. The van der Waals surface area contributed by atoms with Gasteiger partial charge < -0.3 is 10.2 Å². The molecule has 1 aromatic carbocycles. The number of benzene rings is 1. The third-order valence-corrected chi connectivity index (χ3v) is 4.15. The molecule has 0 saturated carbocycles. The molecule has 2 bridgehead atoms. The van der Waals surface area contributed by atoms with E-state index >= 15 is 0 Å². The predicted octanol–water partition coefficient (Wildman–Crippen LogP) is 2.07. The number of rotatable bonds is 1. The maximum absolute atomic E-state index is 13.8. The zero-order chi connectivity index (χ0) is 14.3. The molecule has 2 unspecified atom stereocenters. The van der Waals surface area contributed by atoms with Crippen molar-refractivity contribution in [1.29, 1.82) is 0 Å². The van der Waals surface area contributed by atoms with Gasteiger partial charge in [-0.3, -0.25) is 4.79 Å². The Morgan fingerprint density at radius 1 is 1.10 bits per heavy atom. The molecule has 0 spiro atoms. The minimum Gasteiger partial charge on any atom is -0.331 e. The molecule has 2 fully saturated rings. The molecular weight excluding hydrogens is 269 g/mol. The molecule has 0 radical (unpaired) electrons. The maximum Gasteiger partial charge on any atom is 0.257 e. The molecule has 1 amide bonds. The number of hydrogen-bond donors (Lipinski definition) is 1. The first-order valence-corrected chi connectivity index (χ1v) is 6.76. The van der Waals surface area contributed by atoms with Gasteiger partial charge in [-0.1, -0.05) is 0 Å². The molecule has 2 saturated heterocycles. The largest absolute Gasteiger partial charge is 0.331 e. The Labute approximate surface area is 114 Å². The quantitative estimate of drug-likeness (QED) is 0.801. The molecule has 108 valence electrons. The van der Waals surface area contributed by atoms with Crippen LogP contribution in [0.2, 0.25) is 0 Å². The average molecular weight is 284 g/mol. The lowest BCUT2D eigenvalue weighted by Gasteiger charge is -2.28. The maximum atomic E-state index is 13.8. The van der Waals surface area contributed by atoms with Crippen molar-refractivity contribution < 1.29 is 18.0 Å². The van der Waals surface area contributed by atoms with Crippen LogP contribution in [0.4, 0.5) is 13.2 Å². The molecule has 2 aliphatic rings. The summed E-state index contributed by atoms with van der Waals surface area (Å²) in [6.45, 7) is 1.47. The fourth-order valence-corrected chi connectivity index (χ4v) is 3.14. The van der Waals surface area contributed by atoms with Crippen molar-refractivity contribution >= 4 is 5.91 Å². The van der Waals surface area contributed by atoms with Crippen LogP contribution in [0.3, 0.4) is 0 Å². The lowest BCUT2D eigenvalue weighted by molar-refractivity contribution is 0.0674. The molecule has 6 heteroatoms. The predicted molar refractivity (Wildman–Crippen MR) is 66.8 cm³/mol. The highest BCUT2D eigenvalue weighted by Crippen LogP contribution is 2.30. The molecule has 1 N–H and O–H groups in total. The van der Waals surface area contributed by atoms with Crippen LogP contribution >= 0.6 is 0 Å². The van der Waals surface area contributed by atoms with E-state index in [-0.39, 0.29) is 17.6 Å². The van der Waals surface area contributed by atoms with Crippen LogP contribution in [-0.4, -0.2) is 36.0 Å². The van der Waals surface area contributed by atoms with E-state index in [0.717, 1.165) is 37.9 Å². The Morgan fingerprint density at radius 2 is 1.85 bits per heavy atom. The van der Waals surface area contributed by atoms with Gasteiger partial charge in [-0.25, -0.2) is 13.2 Å². The summed E-state index contributed by atoms with van der Waals surface area (Å²) in [5.41, 5.74) is -0.386. The smallest absolute Gasteiger partial charge is 0.257 e. The van der Waals surface area contributed by atoms with Gasteiger partial charge in [0.25, 0.3) is 5.91 Å². The van der Waals surface area contributed by atoms with Crippen molar-refractivity contribution in [2.45, 2.75) is 31.3 Å². The van der Waals surface area contributed by atoms with E-state index in [1.54, 1.807) is 4.90 Å². The van der Waals surface area contributed by atoms with E-state index in [0.29, 0.717) is 6.54 Å². The molecular formula is C14H15F3N2O. The molecule has 0 aromatic heterocycles. The van der Waals surface area contributed by atoms with Crippen molar-refractivity contribution in [2.24, 2.45) is 0 Å². The Bertz CT molecular complexity index is 535. The first-order valence-electron chi connectivity index (χ1n) is 6.76. The monoisotopic (exact) mass is 284 g/mol. The number of halogens is 3. The number of amides is 1. The number of carbonyl (C=O) groups excluding carboxylic acids is 1. The van der Waals surface area contributed by atoms with E-state index in [1.165, 1.54) is 0 Å². The Morgan fingerprint density at radius 3 is 2.65 bits per heavy atom. The third-order valence-electron chi connectivity index (χ3n) is 4.15. The number of nitrogens with zero attached hydrogens (tertiary/aromatic N) is 1. The van der Waals surface area contributed by atoms with Gasteiger partial charge in [0.15, 0.2) is 17.5 Å². The summed E-state index contributed by atoms with van der Waals surface area (Å²) in [6.07, 6.45) is 2.53. The Balaban J connectivity index is 1.95. The highest BCUT2D eigenvalue weighted by atomic mass is 19.2. The van der Waals surface area contributed by atoms with Crippen LogP contribution in [0.1, 0.15) is 29.6 Å². The van der Waals surface area contributed by atoms with Crippen LogP contribution in [-0.2, 0) is 0 Å². The number of carbonyl (C=O) groups is 1. The van der Waals surface area contributed by atoms with E-state index in [1.807, 2.05) is 0 Å². The van der Waals surface area contributed by atoms with Gasteiger partial charge in [0.1, 0.15) is 0 Å². The van der Waals surface area contributed by atoms with Crippen LogP contribution in [0.5, 0.6) is 0 Å². The summed E-state index contributed by atoms with van der Waals surface area (Å²) in [4.78, 5) is 14.1. The lowest BCUT2D eigenvalue weighted by Crippen LogP contribution is -2.42. The second kappa shape index (κ2) is 5.09. The summed E-state index contributed by atoms with van der Waals surface area (Å²) >= 11 is 0. The zero-order valence-corrected chi connectivity index (χ0v) is 10.8. The second-order valence-electron chi connectivity index (χ2n) is 5.31. The van der Waals surface area contributed by atoms with Gasteiger partial charge in [-0.2, -0.15) is 0 Å². The van der Waals surface area contributed by atoms with Crippen LogP contribution in [0.15, 0.2) is 12.1 Å². The van der Waals surface area contributed by atoms with Gasteiger partial charge in [0.2, 0.25) is 0 Å². The standard InChI is InChI=1S/C14H15F3N2O/c15-11-4-3-10(12(16)13(11)17)14(20)19-8-1-2-9(19)7-18-6-5-8/h3-4,8-9,18H,1-2,5-7H2. The Hall–Kier alpha value is -1.56. The fraction of sp³-hybridized carbons (Fsp3) is 0.500. The first kappa shape index (κ1) is 13.4. The summed E-state index contributed by atoms with van der Waals surface area (Å²) in [5, 5.41) is 3.23. The number of nitrogens with one attached hydrogen (secondary N) is 1. The van der Waals surface area contributed by atoms with Crippen LogP contribution < -0.4 is 5.32 Å². The molecule has 1 aromatic rings. The van der Waals surface area contributed by atoms with Crippen molar-refractivity contribution in [3.05, 3.63) is 35.1 Å². The summed E-state index contributed by atoms with van der Waals surface area (Å²) in [5.74, 6) is -4.81. The fourth-order valence-electron chi connectivity index (χ4n) is 3.14. The minimum absolute atomic E-state index is 0.00233. The Kier molecular flexibility index (Phi) is 3.41. The van der Waals surface area contributed by atoms with Crippen molar-refractivity contribution in [3.8, 4) is 0 Å². The van der Waals surface area contributed by atoms with Gasteiger partial charge in [-0.05, 0) is 37.9 Å². The SMILES string of the molecule is O=C(c1ccc(F)c(F)c1F)N1C2CCNCC1CC2. The average Bonchev–Trinajstić information content (AvgIpc) is 2.69. The van der Waals surface area contributed by atoms with E-state index in [9.17, 15) is 18.0 Å². The molecule has 20 heavy (non-hydrogen) atoms. The molecule has 2 atom stereocenters. The van der Waals surface area contributed by atoms with Crippen molar-refractivity contribution in [1.82, 2.24) is 10.2 Å². The van der Waals surface area contributed by atoms with E-state index < -0.39 is 23.4 Å². The molecule has 2 aliphatic heterocycles. The van der Waals surface area contributed by atoms with Gasteiger partial charge in [0.05, 0.1) is 5.56 Å². The highest BCUT2D eigenvalue weighted by Gasteiger charge is 2.39. The van der Waals surface area contributed by atoms with Gasteiger partial charge in [0, 0.05) is 18.6 Å². The summed E-state index contributed by atoms with van der Waals surface area (Å²) in [7, 11) is 0. The minimum atomic E-state index is -1.59. The third kappa shape index (κ3) is 2.08. The highest BCUT2D eigenvalue weighted by molar-refractivity contribution is 5.95. The lowest BCUT2D eigenvalue weighted by atomic mass is 10.1. The topological polar surface area (TPSA) is 32.3 Å². The van der Waals surface area contributed by atoms with Gasteiger partial charge in [-0.15, -0.1) is 0 Å². The summed E-state index contributed by atoms with van der Waals surface area (Å²) < 4.78 is 40.0. The first-order chi connectivity index (χ1) is 9.59. The zero-order valence-electron chi connectivity index (χ0n) is 10.8. The van der Waals surface area contributed by atoms with Crippen LogP contribution in [0.25, 0.3) is 0 Å². The molecule has 3 rings (SSSR count).